The molecule has 2 unspecified atom stereocenters. The summed E-state index contributed by atoms with van der Waals surface area (Å²) in [5.41, 5.74) is 12.8. The van der Waals surface area contributed by atoms with E-state index < -0.39 is 23.9 Å². The second-order valence-electron chi connectivity index (χ2n) is 10.6. The molecule has 3 rings (SSSR count). The highest BCUT2D eigenvalue weighted by Crippen LogP contribution is 2.13. The van der Waals surface area contributed by atoms with E-state index in [1.807, 2.05) is 30.3 Å². The molecule has 2 atom stereocenters. The van der Waals surface area contributed by atoms with Crippen molar-refractivity contribution in [2.75, 3.05) is 18.4 Å². The molecule has 2 aromatic rings. The summed E-state index contributed by atoms with van der Waals surface area (Å²) >= 11 is 0. The van der Waals surface area contributed by atoms with Crippen LogP contribution in [0.3, 0.4) is 0 Å². The van der Waals surface area contributed by atoms with Gasteiger partial charge in [0.2, 0.25) is 17.7 Å². The minimum atomic E-state index is -0.956. The average molecular weight is 620 g/mol. The number of guanidine groups is 1. The molecule has 0 aromatic heterocycles. The molecule has 0 saturated heterocycles. The Bertz CT molecular complexity index is 1360. The number of unbranched alkanes of at least 4 members (excludes halogenated alkanes) is 2. The first-order valence-electron chi connectivity index (χ1n) is 14.9. The molecule has 0 fully saturated rings. The number of hydrogen-bond acceptors (Lipinski definition) is 7. The Balaban J connectivity index is 1.63. The number of nitrogens with one attached hydrogen (secondary N) is 3. The maximum absolute atomic E-state index is 13.6. The number of benzene rings is 2. The molecule has 1 aliphatic heterocycles. The molecule has 5 amide bonds. The van der Waals surface area contributed by atoms with Gasteiger partial charge < -0.3 is 32.5 Å². The summed E-state index contributed by atoms with van der Waals surface area (Å²) in [6, 6.07) is 13.9. The molecule has 0 spiro atoms. The van der Waals surface area contributed by atoms with E-state index in [0.29, 0.717) is 36.9 Å². The van der Waals surface area contributed by atoms with Crippen LogP contribution in [-0.2, 0) is 37.0 Å². The number of aliphatic hydroxyl groups excluding tert-OH is 1. The smallest absolute Gasteiger partial charge is 0.253 e. The summed E-state index contributed by atoms with van der Waals surface area (Å²) in [6.45, 7) is 0.405. The summed E-state index contributed by atoms with van der Waals surface area (Å²) < 4.78 is 0. The van der Waals surface area contributed by atoms with Crippen LogP contribution in [0.25, 0.3) is 0 Å². The highest BCUT2D eigenvalue weighted by molar-refractivity contribution is 6.12. The number of aliphatic hydroxyl groups is 1. The number of aliphatic imine (C=N–C) groups is 1. The quantitative estimate of drug-likeness (QED) is 0.0609. The van der Waals surface area contributed by atoms with E-state index in [4.69, 9.17) is 11.5 Å². The van der Waals surface area contributed by atoms with Crippen molar-refractivity contribution >= 4 is 41.2 Å². The molecule has 0 radical (unpaired) electrons. The lowest BCUT2D eigenvalue weighted by atomic mass is 10.0. The molecule has 1 aliphatic rings. The van der Waals surface area contributed by atoms with Crippen molar-refractivity contribution in [1.29, 1.82) is 0 Å². The fraction of sp³-hybridized carbons (Fsp3) is 0.375. The molecular formula is C32H41N7O6. The van der Waals surface area contributed by atoms with Crippen LogP contribution in [0.2, 0.25) is 0 Å². The molecule has 0 bridgehead atoms. The third kappa shape index (κ3) is 11.9. The van der Waals surface area contributed by atoms with Crippen molar-refractivity contribution in [2.24, 2.45) is 16.5 Å². The van der Waals surface area contributed by atoms with Gasteiger partial charge in [0, 0.05) is 43.8 Å². The van der Waals surface area contributed by atoms with E-state index in [9.17, 15) is 29.1 Å². The van der Waals surface area contributed by atoms with Crippen molar-refractivity contribution in [1.82, 2.24) is 15.5 Å². The Hall–Kier alpha value is -5.04. The van der Waals surface area contributed by atoms with Gasteiger partial charge in [0.05, 0.1) is 6.61 Å². The molecule has 0 aliphatic carbocycles. The number of amides is 5. The van der Waals surface area contributed by atoms with Gasteiger partial charge in [-0.25, -0.2) is 0 Å². The van der Waals surface area contributed by atoms with Gasteiger partial charge in [0.25, 0.3) is 11.8 Å². The Morgan fingerprint density at radius 2 is 1.49 bits per heavy atom. The second kappa shape index (κ2) is 17.9. The summed E-state index contributed by atoms with van der Waals surface area (Å²) in [4.78, 5) is 68.3. The van der Waals surface area contributed by atoms with Crippen LogP contribution in [0.1, 0.15) is 49.7 Å². The van der Waals surface area contributed by atoms with Gasteiger partial charge in [0.1, 0.15) is 12.1 Å². The Labute approximate surface area is 262 Å². The molecule has 13 nitrogen and oxygen atoms in total. The van der Waals surface area contributed by atoms with Gasteiger partial charge in [-0.15, -0.1) is 0 Å². The monoisotopic (exact) mass is 619 g/mol. The number of nitrogens with two attached hydrogens (primary N) is 2. The fourth-order valence-electron chi connectivity index (χ4n) is 4.68. The van der Waals surface area contributed by atoms with Crippen molar-refractivity contribution < 1.29 is 29.1 Å². The summed E-state index contributed by atoms with van der Waals surface area (Å²) in [5.74, 6) is -2.07. The first-order chi connectivity index (χ1) is 21.7. The van der Waals surface area contributed by atoms with E-state index >= 15 is 0 Å². The number of hydrogen-bond donors (Lipinski definition) is 6. The van der Waals surface area contributed by atoms with Gasteiger partial charge in [0.15, 0.2) is 5.96 Å². The van der Waals surface area contributed by atoms with Crippen LogP contribution in [0, 0.1) is 0 Å². The first kappa shape index (κ1) is 34.5. The van der Waals surface area contributed by atoms with Crippen LogP contribution in [0.5, 0.6) is 0 Å². The molecular weight excluding hydrogens is 578 g/mol. The Kier molecular flexibility index (Phi) is 13.7. The predicted octanol–water partition coefficient (Wildman–Crippen LogP) is 0.869. The van der Waals surface area contributed by atoms with Crippen molar-refractivity contribution in [3.05, 3.63) is 77.9 Å². The minimum absolute atomic E-state index is 0.0790. The summed E-state index contributed by atoms with van der Waals surface area (Å²) in [6.07, 6.45) is 5.12. The summed E-state index contributed by atoms with van der Waals surface area (Å²) in [5, 5.41) is 17.7. The second-order valence-corrected chi connectivity index (χ2v) is 10.6. The zero-order valence-corrected chi connectivity index (χ0v) is 25.1. The third-order valence-corrected chi connectivity index (χ3v) is 7.10. The Morgan fingerprint density at radius 3 is 2.13 bits per heavy atom. The van der Waals surface area contributed by atoms with E-state index in [1.165, 1.54) is 12.2 Å². The molecule has 1 heterocycles. The van der Waals surface area contributed by atoms with Crippen LogP contribution >= 0.6 is 0 Å². The van der Waals surface area contributed by atoms with Gasteiger partial charge in [-0.2, -0.15) is 0 Å². The number of nitrogens with zero attached hydrogens (tertiary/aromatic N) is 2. The number of anilines is 1. The van der Waals surface area contributed by atoms with Gasteiger partial charge in [-0.3, -0.25) is 33.9 Å². The topological polar surface area (TPSA) is 209 Å². The molecule has 13 heteroatoms. The standard InChI is InChI=1S/C32H41N7O6/c33-32(34)35-18-7-10-25(30(44)36-24-14-12-23(21-40)13-15-24)38-31(45)26(20-22-8-3-1-4-9-22)37-27(41)11-5-2-6-19-39-28(42)16-17-29(39)43/h1,3-4,8-9,12-17,25-26,40H,2,5-7,10-11,18-21H2,(H,36,44)(H,37,41)(H,38,45)(H4,33,34,35). The van der Waals surface area contributed by atoms with Crippen LogP contribution in [-0.4, -0.2) is 70.7 Å². The summed E-state index contributed by atoms with van der Waals surface area (Å²) in [7, 11) is 0. The number of carbonyl (C=O) groups excluding carboxylic acids is 5. The lowest BCUT2D eigenvalue weighted by Crippen LogP contribution is -2.53. The van der Waals surface area contributed by atoms with Crippen molar-refractivity contribution in [3.63, 3.8) is 0 Å². The zero-order chi connectivity index (χ0) is 32.6. The lowest BCUT2D eigenvalue weighted by molar-refractivity contribution is -0.137. The van der Waals surface area contributed by atoms with Crippen molar-refractivity contribution in [3.8, 4) is 0 Å². The number of carbonyl (C=O) groups is 5. The third-order valence-electron chi connectivity index (χ3n) is 7.10. The minimum Gasteiger partial charge on any atom is -0.392 e. The molecule has 240 valence electrons. The van der Waals surface area contributed by atoms with Gasteiger partial charge in [-0.05, 0) is 48.9 Å². The number of imide groups is 1. The predicted molar refractivity (Wildman–Crippen MR) is 169 cm³/mol. The Morgan fingerprint density at radius 1 is 0.800 bits per heavy atom. The lowest BCUT2D eigenvalue weighted by Gasteiger charge is -2.23. The van der Waals surface area contributed by atoms with Gasteiger partial charge >= 0.3 is 0 Å². The first-order valence-corrected chi connectivity index (χ1v) is 14.9. The largest absolute Gasteiger partial charge is 0.392 e. The average Bonchev–Trinajstić information content (AvgIpc) is 3.35. The molecule has 8 N–H and O–H groups in total. The zero-order valence-electron chi connectivity index (χ0n) is 25.1. The van der Waals surface area contributed by atoms with Crippen molar-refractivity contribution in [2.45, 2.75) is 63.6 Å². The highest BCUT2D eigenvalue weighted by atomic mass is 16.3. The maximum atomic E-state index is 13.6. The van der Waals surface area contributed by atoms with Crippen LogP contribution in [0.15, 0.2) is 71.7 Å². The van der Waals surface area contributed by atoms with Gasteiger partial charge in [-0.1, -0.05) is 48.9 Å². The maximum Gasteiger partial charge on any atom is 0.253 e. The fourth-order valence-corrected chi connectivity index (χ4v) is 4.68. The van der Waals surface area contributed by atoms with E-state index in [1.54, 1.807) is 24.3 Å². The van der Waals surface area contributed by atoms with E-state index in [2.05, 4.69) is 20.9 Å². The highest BCUT2D eigenvalue weighted by Gasteiger charge is 2.27. The normalized spacial score (nSPS) is 13.7. The molecule has 2 aromatic carbocycles. The van der Waals surface area contributed by atoms with Crippen LogP contribution < -0.4 is 27.4 Å². The molecule has 45 heavy (non-hydrogen) atoms. The van der Waals surface area contributed by atoms with E-state index in [0.717, 1.165) is 10.5 Å². The van der Waals surface area contributed by atoms with E-state index in [-0.39, 0.29) is 62.6 Å². The SMILES string of the molecule is NC(N)=NCCCC(NC(=O)C(Cc1ccccc1)NC(=O)CCCCCN1C(=O)C=CC1=O)C(=O)Nc1ccc(CO)cc1. The van der Waals surface area contributed by atoms with Crippen LogP contribution in [0.4, 0.5) is 5.69 Å². The molecule has 0 saturated carbocycles. The number of rotatable bonds is 18.